The Morgan fingerprint density at radius 2 is 2.14 bits per heavy atom. The van der Waals surface area contributed by atoms with Crippen LogP contribution in [0.15, 0.2) is 18.3 Å². The Hall–Kier alpha value is -1.05. The molecule has 1 aromatic rings. The second-order valence-corrected chi connectivity index (χ2v) is 4.97. The van der Waals surface area contributed by atoms with Crippen LogP contribution in [-0.4, -0.2) is 10.9 Å². The highest BCUT2D eigenvalue weighted by Gasteiger charge is 2.20. The molecule has 0 fully saturated rings. The summed E-state index contributed by atoms with van der Waals surface area (Å²) in [4.78, 5) is 10.7. The van der Waals surface area contributed by atoms with E-state index in [-0.39, 0.29) is 5.41 Å². The van der Waals surface area contributed by atoms with Crippen LogP contribution in [0.4, 0.5) is 0 Å². The molecular formula is C12H19NO. The van der Waals surface area contributed by atoms with Crippen molar-refractivity contribution in [3.05, 3.63) is 24.0 Å². The number of carbonyl (C=O) groups excluding carboxylic acids is 1. The maximum atomic E-state index is 10.7. The highest BCUT2D eigenvalue weighted by atomic mass is 16.1. The van der Waals surface area contributed by atoms with E-state index < -0.39 is 0 Å². The predicted molar refractivity (Wildman–Crippen MR) is 58.4 cm³/mol. The topological polar surface area (TPSA) is 22.0 Å². The van der Waals surface area contributed by atoms with Crippen molar-refractivity contribution in [2.45, 2.75) is 34.2 Å². The van der Waals surface area contributed by atoms with E-state index in [2.05, 4.69) is 27.7 Å². The Balaban J connectivity index is 2.74. The molecule has 0 saturated carbocycles. The number of hydrogen-bond acceptors (Lipinski definition) is 1. The Morgan fingerprint density at radius 3 is 2.64 bits per heavy atom. The Morgan fingerprint density at radius 1 is 1.50 bits per heavy atom. The Bertz CT molecular complexity index is 306. The van der Waals surface area contributed by atoms with Gasteiger partial charge in [0.15, 0.2) is 6.29 Å². The summed E-state index contributed by atoms with van der Waals surface area (Å²) in [6.45, 7) is 9.80. The van der Waals surface area contributed by atoms with Crippen molar-refractivity contribution >= 4 is 6.29 Å². The molecule has 1 atom stereocenters. The fraction of sp³-hybridized carbons (Fsp3) is 0.583. The third-order valence-corrected chi connectivity index (χ3v) is 2.93. The quantitative estimate of drug-likeness (QED) is 0.676. The lowest BCUT2D eigenvalue weighted by molar-refractivity contribution is 0.111. The highest BCUT2D eigenvalue weighted by Crippen LogP contribution is 2.26. The van der Waals surface area contributed by atoms with Crippen LogP contribution in [0.3, 0.4) is 0 Å². The van der Waals surface area contributed by atoms with E-state index in [1.807, 2.05) is 22.9 Å². The molecule has 0 saturated heterocycles. The van der Waals surface area contributed by atoms with Gasteiger partial charge < -0.3 is 4.57 Å². The lowest BCUT2D eigenvalue weighted by Gasteiger charge is -2.27. The van der Waals surface area contributed by atoms with Gasteiger partial charge in [-0.15, -0.1) is 0 Å². The Labute approximate surface area is 85.9 Å². The van der Waals surface area contributed by atoms with E-state index in [4.69, 9.17) is 0 Å². The largest absolute Gasteiger partial charge is 0.345 e. The van der Waals surface area contributed by atoms with Crippen LogP contribution in [0.5, 0.6) is 0 Å². The number of nitrogens with zero attached hydrogens (tertiary/aromatic N) is 1. The first-order chi connectivity index (χ1) is 6.45. The molecule has 0 spiro atoms. The lowest BCUT2D eigenvalue weighted by Crippen LogP contribution is -2.22. The van der Waals surface area contributed by atoms with Crippen molar-refractivity contribution in [2.75, 3.05) is 0 Å². The van der Waals surface area contributed by atoms with Crippen LogP contribution in [0.2, 0.25) is 0 Å². The molecule has 0 aliphatic heterocycles. The van der Waals surface area contributed by atoms with Crippen LogP contribution in [-0.2, 0) is 6.54 Å². The van der Waals surface area contributed by atoms with Gasteiger partial charge in [0.05, 0.1) is 5.69 Å². The molecule has 1 rings (SSSR count). The van der Waals surface area contributed by atoms with Crippen molar-refractivity contribution in [1.82, 2.24) is 4.57 Å². The van der Waals surface area contributed by atoms with Gasteiger partial charge in [0.2, 0.25) is 0 Å². The summed E-state index contributed by atoms with van der Waals surface area (Å²) in [5.41, 5.74) is 1.05. The number of carbonyl (C=O) groups is 1. The molecule has 1 unspecified atom stereocenters. The molecule has 0 bridgehead atoms. The minimum atomic E-state index is 0.282. The molecule has 14 heavy (non-hydrogen) atoms. The standard InChI is InChI=1S/C12H19NO/c1-10(12(2,3)4)8-13-7-5-6-11(13)9-14/h5-7,9-10H,8H2,1-4H3. The Kier molecular flexibility index (Phi) is 3.14. The van der Waals surface area contributed by atoms with Crippen molar-refractivity contribution in [3.8, 4) is 0 Å². The van der Waals surface area contributed by atoms with Gasteiger partial charge in [-0.3, -0.25) is 4.79 Å². The molecular weight excluding hydrogens is 174 g/mol. The monoisotopic (exact) mass is 193 g/mol. The van der Waals surface area contributed by atoms with E-state index in [0.717, 1.165) is 18.5 Å². The van der Waals surface area contributed by atoms with E-state index in [9.17, 15) is 4.79 Å². The fourth-order valence-electron chi connectivity index (χ4n) is 1.27. The van der Waals surface area contributed by atoms with Gasteiger partial charge in [0.25, 0.3) is 0 Å². The summed E-state index contributed by atoms with van der Waals surface area (Å²) in [5, 5.41) is 0. The molecule has 0 amide bonds. The van der Waals surface area contributed by atoms with Gasteiger partial charge in [-0.05, 0) is 23.5 Å². The first-order valence-corrected chi connectivity index (χ1v) is 5.05. The first-order valence-electron chi connectivity index (χ1n) is 5.05. The average molecular weight is 193 g/mol. The van der Waals surface area contributed by atoms with Crippen LogP contribution < -0.4 is 0 Å². The number of aromatic nitrogens is 1. The summed E-state index contributed by atoms with van der Waals surface area (Å²) in [7, 11) is 0. The predicted octanol–water partition coefficient (Wildman–Crippen LogP) is 2.98. The van der Waals surface area contributed by atoms with Gasteiger partial charge >= 0.3 is 0 Å². The molecule has 78 valence electrons. The van der Waals surface area contributed by atoms with Gasteiger partial charge in [-0.2, -0.15) is 0 Å². The van der Waals surface area contributed by atoms with E-state index in [0.29, 0.717) is 5.92 Å². The van der Waals surface area contributed by atoms with Crippen molar-refractivity contribution in [2.24, 2.45) is 11.3 Å². The molecule has 0 aliphatic rings. The summed E-state index contributed by atoms with van der Waals surface area (Å²) in [6.07, 6.45) is 2.88. The van der Waals surface area contributed by atoms with Gasteiger partial charge in [0, 0.05) is 12.7 Å². The molecule has 0 aromatic carbocycles. The second-order valence-electron chi connectivity index (χ2n) is 4.97. The van der Waals surface area contributed by atoms with Crippen LogP contribution in [0.1, 0.15) is 38.2 Å². The maximum Gasteiger partial charge on any atom is 0.166 e. The molecule has 0 N–H and O–H groups in total. The molecule has 2 heteroatoms. The number of aldehydes is 1. The normalized spacial score (nSPS) is 14.0. The summed E-state index contributed by atoms with van der Waals surface area (Å²) in [5.74, 6) is 0.550. The van der Waals surface area contributed by atoms with E-state index in [1.165, 1.54) is 0 Å². The van der Waals surface area contributed by atoms with Crippen LogP contribution in [0.25, 0.3) is 0 Å². The molecule has 1 heterocycles. The maximum absolute atomic E-state index is 10.7. The molecule has 0 aliphatic carbocycles. The van der Waals surface area contributed by atoms with Gasteiger partial charge in [-0.25, -0.2) is 0 Å². The average Bonchev–Trinajstić information content (AvgIpc) is 2.50. The zero-order chi connectivity index (χ0) is 10.8. The van der Waals surface area contributed by atoms with Crippen molar-refractivity contribution < 1.29 is 4.79 Å². The summed E-state index contributed by atoms with van der Waals surface area (Å²) in [6, 6.07) is 3.77. The second kappa shape index (κ2) is 3.99. The smallest absolute Gasteiger partial charge is 0.166 e. The van der Waals surface area contributed by atoms with E-state index in [1.54, 1.807) is 0 Å². The summed E-state index contributed by atoms with van der Waals surface area (Å²) >= 11 is 0. The number of hydrogen-bond donors (Lipinski definition) is 0. The summed E-state index contributed by atoms with van der Waals surface area (Å²) < 4.78 is 2.02. The van der Waals surface area contributed by atoms with Crippen LogP contribution in [0, 0.1) is 11.3 Å². The van der Waals surface area contributed by atoms with Crippen LogP contribution >= 0.6 is 0 Å². The zero-order valence-electron chi connectivity index (χ0n) is 9.45. The van der Waals surface area contributed by atoms with Crippen molar-refractivity contribution in [1.29, 1.82) is 0 Å². The third kappa shape index (κ3) is 2.47. The third-order valence-electron chi connectivity index (χ3n) is 2.93. The first kappa shape index (κ1) is 11.0. The minimum absolute atomic E-state index is 0.282. The SMILES string of the molecule is CC(Cn1cccc1C=O)C(C)(C)C. The zero-order valence-corrected chi connectivity index (χ0v) is 9.45. The van der Waals surface area contributed by atoms with Crippen molar-refractivity contribution in [3.63, 3.8) is 0 Å². The lowest BCUT2D eigenvalue weighted by atomic mass is 9.82. The minimum Gasteiger partial charge on any atom is -0.345 e. The van der Waals surface area contributed by atoms with E-state index >= 15 is 0 Å². The van der Waals surface area contributed by atoms with Gasteiger partial charge in [0.1, 0.15) is 0 Å². The molecule has 1 aromatic heterocycles. The van der Waals surface area contributed by atoms with Gasteiger partial charge in [-0.1, -0.05) is 27.7 Å². The number of rotatable bonds is 3. The fourth-order valence-corrected chi connectivity index (χ4v) is 1.27. The molecule has 2 nitrogen and oxygen atoms in total. The molecule has 0 radical (unpaired) electrons. The highest BCUT2D eigenvalue weighted by molar-refractivity contribution is 5.72.